The number of carbonyl (C=O) groups excluding carboxylic acids is 1. The van der Waals surface area contributed by atoms with Crippen molar-refractivity contribution in [2.75, 3.05) is 19.7 Å². The molecule has 0 bridgehead atoms. The van der Waals surface area contributed by atoms with Crippen LogP contribution in [0.4, 0.5) is 0 Å². The van der Waals surface area contributed by atoms with Gasteiger partial charge in [0.2, 0.25) is 0 Å². The van der Waals surface area contributed by atoms with Crippen LogP contribution in [0.25, 0.3) is 0 Å². The maximum atomic E-state index is 12.2. The van der Waals surface area contributed by atoms with E-state index in [0.717, 1.165) is 19.5 Å². The van der Waals surface area contributed by atoms with Crippen LogP contribution in [0.5, 0.6) is 0 Å². The van der Waals surface area contributed by atoms with E-state index >= 15 is 0 Å². The van der Waals surface area contributed by atoms with Gasteiger partial charge in [0.25, 0.3) is 0 Å². The summed E-state index contributed by atoms with van der Waals surface area (Å²) in [6, 6.07) is 10.1. The molecule has 0 spiro atoms. The quantitative estimate of drug-likeness (QED) is 0.763. The van der Waals surface area contributed by atoms with Gasteiger partial charge in [-0.2, -0.15) is 0 Å². The van der Waals surface area contributed by atoms with Gasteiger partial charge in [0, 0.05) is 0 Å². The van der Waals surface area contributed by atoms with Crippen LogP contribution >= 0.6 is 0 Å². The first-order valence-corrected chi connectivity index (χ1v) is 7.26. The number of ether oxygens (including phenoxy) is 1. The van der Waals surface area contributed by atoms with E-state index in [4.69, 9.17) is 4.74 Å². The molecule has 1 aromatic carbocycles. The van der Waals surface area contributed by atoms with E-state index in [9.17, 15) is 4.79 Å². The summed E-state index contributed by atoms with van der Waals surface area (Å²) in [5.41, 5.74) is 1.20. The van der Waals surface area contributed by atoms with Gasteiger partial charge in [-0.05, 0) is 44.8 Å². The average Bonchev–Trinajstić information content (AvgIpc) is 2.47. The van der Waals surface area contributed by atoms with Crippen molar-refractivity contribution in [3.63, 3.8) is 0 Å². The zero-order valence-electron chi connectivity index (χ0n) is 11.7. The zero-order valence-corrected chi connectivity index (χ0v) is 11.7. The Morgan fingerprint density at radius 1 is 1.21 bits per heavy atom. The molecule has 0 aliphatic carbocycles. The highest BCUT2D eigenvalue weighted by molar-refractivity contribution is 5.76. The highest BCUT2D eigenvalue weighted by atomic mass is 16.5. The maximum Gasteiger partial charge on any atom is 0.323 e. The van der Waals surface area contributed by atoms with Crippen molar-refractivity contribution in [3.8, 4) is 0 Å². The monoisotopic (exact) mass is 261 g/mol. The SMILES string of the molecule is CCOC(=O)[C@@H](Cc1ccccc1)N1CCCCC1. The van der Waals surface area contributed by atoms with Crippen LogP contribution < -0.4 is 0 Å². The van der Waals surface area contributed by atoms with E-state index in [1.807, 2.05) is 25.1 Å². The molecule has 1 saturated heterocycles. The van der Waals surface area contributed by atoms with Gasteiger partial charge in [-0.1, -0.05) is 36.8 Å². The minimum atomic E-state index is -0.123. The standard InChI is InChI=1S/C16H23NO2/c1-2-19-16(18)15(17-11-7-4-8-12-17)13-14-9-5-3-6-10-14/h3,5-6,9-10,15H,2,4,7-8,11-13H2,1H3/t15-/m1/s1. The summed E-state index contributed by atoms with van der Waals surface area (Å²) in [6.45, 7) is 4.35. The van der Waals surface area contributed by atoms with E-state index in [-0.39, 0.29) is 12.0 Å². The lowest BCUT2D eigenvalue weighted by molar-refractivity contribution is -0.150. The highest BCUT2D eigenvalue weighted by Gasteiger charge is 2.28. The number of benzene rings is 1. The largest absolute Gasteiger partial charge is 0.465 e. The maximum absolute atomic E-state index is 12.2. The lowest BCUT2D eigenvalue weighted by atomic mass is 10.0. The topological polar surface area (TPSA) is 29.5 Å². The number of hydrogen-bond donors (Lipinski definition) is 0. The normalized spacial score (nSPS) is 17.9. The van der Waals surface area contributed by atoms with Crippen LogP contribution in [0, 0.1) is 0 Å². The first-order valence-electron chi connectivity index (χ1n) is 7.26. The van der Waals surface area contributed by atoms with Gasteiger partial charge in [-0.15, -0.1) is 0 Å². The van der Waals surface area contributed by atoms with Crippen LogP contribution in [0.1, 0.15) is 31.7 Å². The Balaban J connectivity index is 2.06. The van der Waals surface area contributed by atoms with Crippen molar-refractivity contribution in [2.24, 2.45) is 0 Å². The van der Waals surface area contributed by atoms with Crippen LogP contribution in [-0.2, 0) is 16.0 Å². The summed E-state index contributed by atoms with van der Waals surface area (Å²) in [5.74, 6) is -0.0757. The second-order valence-corrected chi connectivity index (χ2v) is 5.05. The van der Waals surface area contributed by atoms with Gasteiger partial charge in [0.1, 0.15) is 6.04 Å². The molecule has 0 N–H and O–H groups in total. The summed E-state index contributed by atoms with van der Waals surface area (Å²) in [5, 5.41) is 0. The van der Waals surface area contributed by atoms with Crippen molar-refractivity contribution in [1.82, 2.24) is 4.90 Å². The van der Waals surface area contributed by atoms with Crippen LogP contribution in [0.2, 0.25) is 0 Å². The number of likely N-dealkylation sites (tertiary alicyclic amines) is 1. The molecule has 0 unspecified atom stereocenters. The first kappa shape index (κ1) is 14.1. The molecule has 1 aliphatic heterocycles. The predicted octanol–water partition coefficient (Wildman–Crippen LogP) is 2.65. The van der Waals surface area contributed by atoms with Crippen LogP contribution in [0.3, 0.4) is 0 Å². The summed E-state index contributed by atoms with van der Waals surface area (Å²) in [7, 11) is 0. The Hall–Kier alpha value is -1.35. The van der Waals surface area contributed by atoms with Crippen molar-refractivity contribution in [3.05, 3.63) is 35.9 Å². The van der Waals surface area contributed by atoms with E-state index in [1.54, 1.807) is 0 Å². The van der Waals surface area contributed by atoms with Gasteiger partial charge in [0.05, 0.1) is 6.61 Å². The molecule has 1 aliphatic rings. The fraction of sp³-hybridized carbons (Fsp3) is 0.562. The number of nitrogens with zero attached hydrogens (tertiary/aromatic N) is 1. The Morgan fingerprint density at radius 3 is 2.53 bits per heavy atom. The molecule has 1 atom stereocenters. The van der Waals surface area contributed by atoms with Gasteiger partial charge in [-0.25, -0.2) is 0 Å². The molecular weight excluding hydrogens is 238 g/mol. The van der Waals surface area contributed by atoms with Crippen LogP contribution in [-0.4, -0.2) is 36.6 Å². The lowest BCUT2D eigenvalue weighted by Crippen LogP contribution is -2.46. The van der Waals surface area contributed by atoms with Gasteiger partial charge in [-0.3, -0.25) is 9.69 Å². The molecule has 2 rings (SSSR count). The Bertz CT molecular complexity index is 385. The molecule has 1 heterocycles. The number of esters is 1. The third kappa shape index (κ3) is 4.06. The fourth-order valence-electron chi connectivity index (χ4n) is 2.67. The van der Waals surface area contributed by atoms with Crippen LogP contribution in [0.15, 0.2) is 30.3 Å². The Kier molecular flexibility index (Phi) is 5.40. The molecule has 104 valence electrons. The lowest BCUT2D eigenvalue weighted by Gasteiger charge is -2.33. The molecule has 0 radical (unpaired) electrons. The molecular formula is C16H23NO2. The smallest absolute Gasteiger partial charge is 0.323 e. The van der Waals surface area contributed by atoms with Crippen molar-refractivity contribution >= 4 is 5.97 Å². The zero-order chi connectivity index (χ0) is 13.5. The Morgan fingerprint density at radius 2 is 1.89 bits per heavy atom. The second-order valence-electron chi connectivity index (χ2n) is 5.05. The van der Waals surface area contributed by atoms with E-state index in [0.29, 0.717) is 6.61 Å². The third-order valence-corrected chi connectivity index (χ3v) is 3.66. The van der Waals surface area contributed by atoms with Gasteiger partial charge < -0.3 is 4.74 Å². The first-order chi connectivity index (χ1) is 9.31. The number of carbonyl (C=O) groups is 1. The van der Waals surface area contributed by atoms with Crippen molar-refractivity contribution < 1.29 is 9.53 Å². The number of piperidine rings is 1. The minimum absolute atomic E-state index is 0.0757. The van der Waals surface area contributed by atoms with Gasteiger partial charge >= 0.3 is 5.97 Å². The van der Waals surface area contributed by atoms with E-state index in [2.05, 4.69) is 17.0 Å². The summed E-state index contributed by atoms with van der Waals surface area (Å²) in [6.07, 6.45) is 4.40. The molecule has 0 amide bonds. The summed E-state index contributed by atoms with van der Waals surface area (Å²) in [4.78, 5) is 14.5. The fourth-order valence-corrected chi connectivity index (χ4v) is 2.67. The molecule has 19 heavy (non-hydrogen) atoms. The van der Waals surface area contributed by atoms with E-state index in [1.165, 1.54) is 24.8 Å². The second kappa shape index (κ2) is 7.29. The molecule has 0 aromatic heterocycles. The number of hydrogen-bond acceptors (Lipinski definition) is 3. The third-order valence-electron chi connectivity index (χ3n) is 3.66. The molecule has 0 saturated carbocycles. The van der Waals surface area contributed by atoms with Crippen molar-refractivity contribution in [2.45, 2.75) is 38.6 Å². The minimum Gasteiger partial charge on any atom is -0.465 e. The molecule has 3 nitrogen and oxygen atoms in total. The Labute approximate surface area is 115 Å². The molecule has 1 fully saturated rings. The molecule has 3 heteroatoms. The van der Waals surface area contributed by atoms with E-state index < -0.39 is 0 Å². The molecule has 1 aromatic rings. The van der Waals surface area contributed by atoms with Gasteiger partial charge in [0.15, 0.2) is 0 Å². The average molecular weight is 261 g/mol. The summed E-state index contributed by atoms with van der Waals surface area (Å²) < 4.78 is 5.25. The predicted molar refractivity (Wildman–Crippen MR) is 76.0 cm³/mol. The number of rotatable bonds is 5. The summed E-state index contributed by atoms with van der Waals surface area (Å²) >= 11 is 0. The van der Waals surface area contributed by atoms with Crippen molar-refractivity contribution in [1.29, 1.82) is 0 Å². The highest BCUT2D eigenvalue weighted by Crippen LogP contribution is 2.17.